The van der Waals surface area contributed by atoms with Crippen molar-refractivity contribution >= 4 is 17.5 Å². The molecule has 0 saturated heterocycles. The molecule has 2 aromatic rings. The summed E-state index contributed by atoms with van der Waals surface area (Å²) in [7, 11) is 1.21. The largest absolute Gasteiger partial charge is 0.433 e. The molecule has 0 spiro atoms. The van der Waals surface area contributed by atoms with Gasteiger partial charge in [-0.1, -0.05) is 0 Å². The van der Waals surface area contributed by atoms with Gasteiger partial charge in [-0.2, -0.15) is 23.4 Å². The highest BCUT2D eigenvalue weighted by Gasteiger charge is 2.37. The normalized spacial score (nSPS) is 11.7. The first-order valence-electron chi connectivity index (χ1n) is 6.72. The summed E-state index contributed by atoms with van der Waals surface area (Å²) in [6.45, 7) is 0.339. The van der Waals surface area contributed by atoms with Gasteiger partial charge in [0.2, 0.25) is 5.91 Å². The summed E-state index contributed by atoms with van der Waals surface area (Å²) in [6, 6.07) is 1.72. The summed E-state index contributed by atoms with van der Waals surface area (Å²) < 4.78 is 41.6. The molecule has 0 N–H and O–H groups in total. The first-order valence-corrected chi connectivity index (χ1v) is 7.25. The Morgan fingerprint density at radius 1 is 1.39 bits per heavy atom. The van der Waals surface area contributed by atoms with Crippen LogP contribution in [0.5, 0.6) is 0 Å². The number of hydrogen-bond donors (Lipinski definition) is 0. The Hall–Kier alpha value is -2.03. The molecule has 0 aliphatic carbocycles. The summed E-state index contributed by atoms with van der Waals surface area (Å²) in [4.78, 5) is 13.2. The first-order chi connectivity index (χ1) is 10.8. The van der Waals surface area contributed by atoms with Crippen LogP contribution in [0, 0.1) is 0 Å². The third kappa shape index (κ3) is 4.25. The van der Waals surface area contributed by atoms with Gasteiger partial charge in [0.05, 0.1) is 12.7 Å². The first kappa shape index (κ1) is 17.3. The van der Waals surface area contributed by atoms with Gasteiger partial charge < -0.3 is 4.90 Å². The molecule has 0 aliphatic rings. The van der Waals surface area contributed by atoms with Crippen molar-refractivity contribution in [1.29, 1.82) is 0 Å². The summed E-state index contributed by atoms with van der Waals surface area (Å²) in [5.74, 6) is -0.753. The molecule has 0 bridgehead atoms. The molecule has 0 fully saturated rings. The lowest BCUT2D eigenvalue weighted by molar-refractivity contribution is -0.145. The molecule has 0 atom stereocenters. The number of hydrogen-bond acceptors (Lipinski definition) is 3. The molecule has 0 unspecified atom stereocenters. The summed E-state index contributed by atoms with van der Waals surface area (Å²) >= 11 is 5.55. The van der Waals surface area contributed by atoms with Crippen molar-refractivity contribution in [3.8, 4) is 0 Å². The molecule has 2 rings (SSSR count). The molecule has 0 radical (unpaired) electrons. The second-order valence-electron chi connectivity index (χ2n) is 4.86. The van der Waals surface area contributed by atoms with E-state index in [1.807, 2.05) is 0 Å². The maximum absolute atomic E-state index is 13.1. The highest BCUT2D eigenvalue weighted by Crippen LogP contribution is 2.32. The van der Waals surface area contributed by atoms with Crippen molar-refractivity contribution in [1.82, 2.24) is 24.5 Å². The fourth-order valence-electron chi connectivity index (χ4n) is 2.20. The molecule has 10 heteroatoms. The van der Waals surface area contributed by atoms with Crippen molar-refractivity contribution < 1.29 is 18.0 Å². The van der Waals surface area contributed by atoms with Crippen LogP contribution in [0.25, 0.3) is 0 Å². The van der Waals surface area contributed by atoms with Gasteiger partial charge in [-0.15, -0.1) is 11.6 Å². The Morgan fingerprint density at radius 3 is 2.70 bits per heavy atom. The van der Waals surface area contributed by atoms with E-state index >= 15 is 0 Å². The van der Waals surface area contributed by atoms with Crippen LogP contribution in [-0.2, 0) is 31.1 Å². The van der Waals surface area contributed by atoms with Gasteiger partial charge in [0.1, 0.15) is 11.6 Å². The van der Waals surface area contributed by atoms with Gasteiger partial charge in [-0.3, -0.25) is 14.2 Å². The molecule has 0 saturated carbocycles. The molecule has 23 heavy (non-hydrogen) atoms. The lowest BCUT2D eigenvalue weighted by Crippen LogP contribution is -2.35. The standard InChI is InChI=1S/C13H15ClF3N5O/c1-20-12(13(15,16)17)10(8-19-20)9-21(11(23)7-14)5-6-22-4-2-3-18-22/h2-4,8H,5-7,9H2,1H3. The Kier molecular flexibility index (Phi) is 5.30. The van der Waals surface area contributed by atoms with Crippen LogP contribution in [0.3, 0.4) is 0 Å². The van der Waals surface area contributed by atoms with Gasteiger partial charge in [0.25, 0.3) is 0 Å². The minimum Gasteiger partial charge on any atom is -0.335 e. The highest BCUT2D eigenvalue weighted by atomic mass is 35.5. The molecule has 2 heterocycles. The van der Waals surface area contributed by atoms with Gasteiger partial charge in [0.15, 0.2) is 0 Å². The lowest BCUT2D eigenvalue weighted by Gasteiger charge is -2.22. The zero-order chi connectivity index (χ0) is 17.0. The molecule has 6 nitrogen and oxygen atoms in total. The molecular formula is C13H15ClF3N5O. The maximum Gasteiger partial charge on any atom is 0.433 e. The Morgan fingerprint density at radius 2 is 2.13 bits per heavy atom. The smallest absolute Gasteiger partial charge is 0.335 e. The fraction of sp³-hybridized carbons (Fsp3) is 0.462. The summed E-state index contributed by atoms with van der Waals surface area (Å²) in [5.41, 5.74) is -0.942. The summed E-state index contributed by atoms with van der Waals surface area (Å²) in [5, 5.41) is 7.63. The van der Waals surface area contributed by atoms with Crippen LogP contribution < -0.4 is 0 Å². The van der Waals surface area contributed by atoms with Crippen LogP contribution in [0.15, 0.2) is 24.7 Å². The quantitative estimate of drug-likeness (QED) is 0.748. The molecular weight excluding hydrogens is 335 g/mol. The minimum absolute atomic E-state index is 0.0704. The number of carbonyl (C=O) groups is 1. The van der Waals surface area contributed by atoms with Crippen LogP contribution in [0.2, 0.25) is 0 Å². The number of nitrogens with zero attached hydrogens (tertiary/aromatic N) is 5. The van der Waals surface area contributed by atoms with Crippen molar-refractivity contribution in [3.05, 3.63) is 35.9 Å². The van der Waals surface area contributed by atoms with E-state index in [-0.39, 0.29) is 24.5 Å². The third-order valence-corrected chi connectivity index (χ3v) is 3.50. The van der Waals surface area contributed by atoms with E-state index in [0.717, 1.165) is 10.9 Å². The number of rotatable bonds is 6. The predicted molar refractivity (Wildman–Crippen MR) is 76.6 cm³/mol. The number of halogens is 4. The monoisotopic (exact) mass is 349 g/mol. The van der Waals surface area contributed by atoms with Crippen molar-refractivity contribution in [2.24, 2.45) is 7.05 Å². The Bertz CT molecular complexity index is 653. The topological polar surface area (TPSA) is 56.0 Å². The average molecular weight is 350 g/mol. The molecule has 0 aromatic carbocycles. The number of amides is 1. The second-order valence-corrected chi connectivity index (χ2v) is 5.13. The zero-order valence-corrected chi connectivity index (χ0v) is 13.0. The van der Waals surface area contributed by atoms with Crippen molar-refractivity contribution in [3.63, 3.8) is 0 Å². The van der Waals surface area contributed by atoms with E-state index in [2.05, 4.69) is 10.2 Å². The SMILES string of the molecule is Cn1ncc(CN(CCn2cccn2)C(=O)CCl)c1C(F)(F)F. The Labute approximate surface area is 135 Å². The van der Waals surface area contributed by atoms with E-state index in [9.17, 15) is 18.0 Å². The average Bonchev–Trinajstić information content (AvgIpc) is 3.11. The predicted octanol–water partition coefficient (Wildman–Crippen LogP) is 1.90. The van der Waals surface area contributed by atoms with Crippen LogP contribution in [0.4, 0.5) is 13.2 Å². The van der Waals surface area contributed by atoms with Gasteiger partial charge >= 0.3 is 6.18 Å². The van der Waals surface area contributed by atoms with Crippen molar-refractivity contribution in [2.75, 3.05) is 12.4 Å². The fourth-order valence-corrected chi connectivity index (χ4v) is 2.37. The van der Waals surface area contributed by atoms with Crippen molar-refractivity contribution in [2.45, 2.75) is 19.3 Å². The van der Waals surface area contributed by atoms with Crippen LogP contribution in [0.1, 0.15) is 11.3 Å². The molecule has 1 amide bonds. The van der Waals surface area contributed by atoms with Crippen LogP contribution in [-0.4, -0.2) is 42.8 Å². The van der Waals surface area contributed by atoms with E-state index in [1.165, 1.54) is 11.9 Å². The van der Waals surface area contributed by atoms with E-state index in [4.69, 9.17) is 11.6 Å². The number of alkyl halides is 4. The third-order valence-electron chi connectivity index (χ3n) is 3.27. The number of aromatic nitrogens is 4. The maximum atomic E-state index is 13.1. The van der Waals surface area contributed by atoms with E-state index < -0.39 is 17.8 Å². The van der Waals surface area contributed by atoms with Gasteiger partial charge in [0, 0.05) is 38.1 Å². The van der Waals surface area contributed by atoms with Gasteiger partial charge in [-0.05, 0) is 6.07 Å². The van der Waals surface area contributed by atoms with E-state index in [0.29, 0.717) is 6.54 Å². The van der Waals surface area contributed by atoms with E-state index in [1.54, 1.807) is 23.1 Å². The molecule has 126 valence electrons. The van der Waals surface area contributed by atoms with Crippen LogP contribution >= 0.6 is 11.6 Å². The Balaban J connectivity index is 2.16. The number of aryl methyl sites for hydroxylation is 1. The number of carbonyl (C=O) groups excluding carboxylic acids is 1. The zero-order valence-electron chi connectivity index (χ0n) is 12.3. The molecule has 0 aliphatic heterocycles. The second kappa shape index (κ2) is 7.03. The lowest BCUT2D eigenvalue weighted by atomic mass is 10.2. The summed E-state index contributed by atoms with van der Waals surface area (Å²) in [6.07, 6.45) is -0.144. The van der Waals surface area contributed by atoms with Gasteiger partial charge in [-0.25, -0.2) is 0 Å². The molecule has 2 aromatic heterocycles. The highest BCUT2D eigenvalue weighted by molar-refractivity contribution is 6.27. The minimum atomic E-state index is -4.54.